The van der Waals surface area contributed by atoms with Gasteiger partial charge in [0.25, 0.3) is 0 Å². The van der Waals surface area contributed by atoms with Crippen molar-refractivity contribution < 1.29 is 9.53 Å². The fraction of sp³-hybridized carbons (Fsp3) is 0.182. The molecule has 148 valence electrons. The summed E-state index contributed by atoms with van der Waals surface area (Å²) in [5.41, 5.74) is 4.90. The number of esters is 1. The minimum absolute atomic E-state index is 0.367. The molecule has 4 rings (SSSR count). The van der Waals surface area contributed by atoms with Crippen LogP contribution in [0.15, 0.2) is 48.7 Å². The van der Waals surface area contributed by atoms with Crippen LogP contribution in [0.2, 0.25) is 10.0 Å². The Hall–Kier alpha value is -2.21. The predicted octanol–water partition coefficient (Wildman–Crippen LogP) is 6.59. The number of methoxy groups -OCH3 is 1. The molecule has 2 heterocycles. The molecule has 0 spiro atoms. The van der Waals surface area contributed by atoms with Gasteiger partial charge in [0.1, 0.15) is 0 Å². The number of ether oxygens (including phenoxy) is 1. The normalized spacial score (nSPS) is 13.8. The number of nitrogens with one attached hydrogen (secondary N) is 1. The highest BCUT2D eigenvalue weighted by Crippen LogP contribution is 2.38. The SMILES string of the molecule is COC(=O)c1cc(Cl)ccc1Nc1c(C2=CCSCC2)cnc2ccc(Cl)cc12. The maximum atomic E-state index is 12.3. The lowest BCUT2D eigenvalue weighted by atomic mass is 9.99. The molecule has 29 heavy (non-hydrogen) atoms. The second-order valence-corrected chi connectivity index (χ2v) is 8.59. The van der Waals surface area contributed by atoms with Crippen LogP contribution in [0.5, 0.6) is 0 Å². The van der Waals surface area contributed by atoms with Crippen molar-refractivity contribution in [1.29, 1.82) is 0 Å². The molecule has 0 saturated carbocycles. The topological polar surface area (TPSA) is 51.2 Å². The monoisotopic (exact) mass is 444 g/mol. The third-order valence-electron chi connectivity index (χ3n) is 4.79. The number of halogens is 2. The average molecular weight is 445 g/mol. The van der Waals surface area contributed by atoms with Crippen LogP contribution in [0.4, 0.5) is 11.4 Å². The molecule has 0 bridgehead atoms. The number of benzene rings is 2. The number of carbonyl (C=O) groups excluding carboxylic acids is 1. The van der Waals surface area contributed by atoms with Crippen LogP contribution in [-0.2, 0) is 4.74 Å². The predicted molar refractivity (Wildman–Crippen MR) is 123 cm³/mol. The molecular weight excluding hydrogens is 427 g/mol. The molecule has 0 unspecified atom stereocenters. The largest absolute Gasteiger partial charge is 0.465 e. The Labute approximate surface area is 183 Å². The van der Waals surface area contributed by atoms with Crippen molar-refractivity contribution in [3.8, 4) is 0 Å². The van der Waals surface area contributed by atoms with Gasteiger partial charge in [-0.25, -0.2) is 4.79 Å². The van der Waals surface area contributed by atoms with Gasteiger partial charge in [-0.05, 0) is 54.1 Å². The van der Waals surface area contributed by atoms with Gasteiger partial charge in [0, 0.05) is 32.9 Å². The van der Waals surface area contributed by atoms with E-state index in [9.17, 15) is 4.79 Å². The Morgan fingerprint density at radius 2 is 1.97 bits per heavy atom. The summed E-state index contributed by atoms with van der Waals surface area (Å²) in [5.74, 6) is 1.57. The number of pyridine rings is 1. The van der Waals surface area contributed by atoms with Crippen molar-refractivity contribution >= 4 is 68.8 Å². The third-order valence-corrected chi connectivity index (χ3v) is 6.15. The van der Waals surface area contributed by atoms with Crippen LogP contribution in [0.3, 0.4) is 0 Å². The summed E-state index contributed by atoms with van der Waals surface area (Å²) >= 11 is 14.3. The van der Waals surface area contributed by atoms with Crippen LogP contribution in [0, 0.1) is 0 Å². The van der Waals surface area contributed by atoms with Gasteiger partial charge < -0.3 is 10.1 Å². The van der Waals surface area contributed by atoms with Gasteiger partial charge in [0.05, 0.1) is 29.6 Å². The number of thioether (sulfide) groups is 1. The third kappa shape index (κ3) is 4.22. The molecule has 0 aliphatic carbocycles. The Bertz CT molecular complexity index is 1130. The first-order valence-electron chi connectivity index (χ1n) is 9.07. The van der Waals surface area contributed by atoms with Crippen molar-refractivity contribution in [3.05, 3.63) is 69.8 Å². The molecule has 1 N–H and O–H groups in total. The van der Waals surface area contributed by atoms with E-state index in [1.54, 1.807) is 18.2 Å². The summed E-state index contributed by atoms with van der Waals surface area (Å²) in [6.45, 7) is 0. The van der Waals surface area contributed by atoms with Crippen LogP contribution < -0.4 is 5.32 Å². The fourth-order valence-corrected chi connectivity index (χ4v) is 4.55. The van der Waals surface area contributed by atoms with Crippen LogP contribution in [0.1, 0.15) is 22.3 Å². The van der Waals surface area contributed by atoms with Crippen molar-refractivity contribution in [2.24, 2.45) is 0 Å². The Morgan fingerprint density at radius 1 is 1.17 bits per heavy atom. The lowest BCUT2D eigenvalue weighted by Gasteiger charge is -2.20. The molecule has 0 saturated heterocycles. The second kappa shape index (κ2) is 8.66. The molecule has 0 radical (unpaired) electrons. The maximum absolute atomic E-state index is 12.3. The summed E-state index contributed by atoms with van der Waals surface area (Å²) < 4.78 is 4.94. The van der Waals surface area contributed by atoms with E-state index in [0.717, 1.165) is 40.1 Å². The standard InChI is InChI=1S/C22H18Cl2N2O2S/c1-28-22(27)17-11-15(24)3-5-20(17)26-21-16-10-14(23)2-4-19(16)25-12-18(21)13-6-8-29-9-7-13/h2-6,10-12H,7-9H2,1H3,(H,25,26). The highest BCUT2D eigenvalue weighted by molar-refractivity contribution is 7.99. The molecule has 7 heteroatoms. The van der Waals surface area contributed by atoms with E-state index in [1.165, 1.54) is 12.7 Å². The fourth-order valence-electron chi connectivity index (χ4n) is 3.35. The number of allylic oxidation sites excluding steroid dienone is 1. The summed E-state index contributed by atoms with van der Waals surface area (Å²) in [6.07, 6.45) is 5.07. The van der Waals surface area contributed by atoms with E-state index in [1.807, 2.05) is 36.2 Å². The van der Waals surface area contributed by atoms with Crippen LogP contribution in [0.25, 0.3) is 16.5 Å². The van der Waals surface area contributed by atoms with Crippen LogP contribution >= 0.6 is 35.0 Å². The van der Waals surface area contributed by atoms with Crippen LogP contribution in [-0.4, -0.2) is 29.6 Å². The molecule has 3 aromatic rings. The van der Waals surface area contributed by atoms with Gasteiger partial charge in [0.2, 0.25) is 0 Å². The summed E-state index contributed by atoms with van der Waals surface area (Å²) in [5, 5.41) is 5.42. The number of nitrogens with zero attached hydrogens (tertiary/aromatic N) is 1. The van der Waals surface area contributed by atoms with Gasteiger partial charge in [0.15, 0.2) is 0 Å². The maximum Gasteiger partial charge on any atom is 0.340 e. The highest BCUT2D eigenvalue weighted by Gasteiger charge is 2.18. The molecular formula is C22H18Cl2N2O2S. The number of rotatable bonds is 4. The molecule has 1 aromatic heterocycles. The zero-order valence-electron chi connectivity index (χ0n) is 15.7. The van der Waals surface area contributed by atoms with Crippen molar-refractivity contribution in [1.82, 2.24) is 4.98 Å². The van der Waals surface area contributed by atoms with Gasteiger partial charge in [-0.3, -0.25) is 4.98 Å². The summed E-state index contributed by atoms with van der Waals surface area (Å²) in [6, 6.07) is 10.7. The second-order valence-electron chi connectivity index (χ2n) is 6.57. The van der Waals surface area contributed by atoms with Gasteiger partial charge in [-0.15, -0.1) is 0 Å². The summed E-state index contributed by atoms with van der Waals surface area (Å²) in [4.78, 5) is 16.9. The number of hydrogen-bond donors (Lipinski definition) is 1. The highest BCUT2D eigenvalue weighted by atomic mass is 35.5. The van der Waals surface area contributed by atoms with E-state index in [4.69, 9.17) is 27.9 Å². The van der Waals surface area contributed by atoms with Gasteiger partial charge in [-0.2, -0.15) is 11.8 Å². The molecule has 2 aromatic carbocycles. The minimum Gasteiger partial charge on any atom is -0.465 e. The van der Waals surface area contributed by atoms with Crippen molar-refractivity contribution in [2.45, 2.75) is 6.42 Å². The molecule has 4 nitrogen and oxygen atoms in total. The lowest BCUT2D eigenvalue weighted by molar-refractivity contribution is 0.0602. The number of aromatic nitrogens is 1. The lowest BCUT2D eigenvalue weighted by Crippen LogP contribution is -2.08. The number of hydrogen-bond acceptors (Lipinski definition) is 5. The molecule has 1 aliphatic rings. The van der Waals surface area contributed by atoms with Gasteiger partial charge >= 0.3 is 5.97 Å². The first kappa shape index (κ1) is 20.1. The van der Waals surface area contributed by atoms with Crippen molar-refractivity contribution in [3.63, 3.8) is 0 Å². The number of anilines is 2. The first-order valence-corrected chi connectivity index (χ1v) is 11.0. The Kier molecular flexibility index (Phi) is 5.99. The average Bonchev–Trinajstić information content (AvgIpc) is 2.75. The van der Waals surface area contributed by atoms with E-state index >= 15 is 0 Å². The Balaban J connectivity index is 1.91. The number of carbonyl (C=O) groups is 1. The zero-order chi connectivity index (χ0) is 20.4. The zero-order valence-corrected chi connectivity index (χ0v) is 18.0. The first-order chi connectivity index (χ1) is 14.1. The van der Waals surface area contributed by atoms with Crippen molar-refractivity contribution in [2.75, 3.05) is 23.9 Å². The Morgan fingerprint density at radius 3 is 2.72 bits per heavy atom. The van der Waals surface area contributed by atoms with E-state index < -0.39 is 5.97 Å². The van der Waals surface area contributed by atoms with Gasteiger partial charge in [-0.1, -0.05) is 29.3 Å². The number of fused-ring (bicyclic) bond motifs is 1. The molecule has 0 fully saturated rings. The molecule has 0 amide bonds. The molecule has 0 atom stereocenters. The smallest absolute Gasteiger partial charge is 0.340 e. The minimum atomic E-state index is -0.457. The molecule has 1 aliphatic heterocycles. The van der Waals surface area contributed by atoms with E-state index in [0.29, 0.717) is 21.3 Å². The van der Waals surface area contributed by atoms with E-state index in [-0.39, 0.29) is 0 Å². The van der Waals surface area contributed by atoms with E-state index in [2.05, 4.69) is 16.4 Å². The quantitative estimate of drug-likeness (QED) is 0.459. The summed E-state index contributed by atoms with van der Waals surface area (Å²) in [7, 11) is 1.35.